The lowest BCUT2D eigenvalue weighted by Crippen LogP contribution is -2.30. The standard InChI is InChI=1S/C16H11F3N2O4/c17-16(18,19)10-2-1-5-21(15(10)24)7-12(22)9-3-4-13-11(6-9)20-14(23)8-25-13/h1-6H,7-8H2,(H,20,23). The number of fused-ring (bicyclic) bond motifs is 1. The molecule has 6 nitrogen and oxygen atoms in total. The second-order valence-corrected chi connectivity index (χ2v) is 5.32. The number of aromatic nitrogens is 1. The van der Waals surface area contributed by atoms with E-state index in [-0.39, 0.29) is 18.1 Å². The summed E-state index contributed by atoms with van der Waals surface area (Å²) in [7, 11) is 0. The number of ether oxygens (including phenoxy) is 1. The summed E-state index contributed by atoms with van der Waals surface area (Å²) in [5, 5.41) is 2.53. The quantitative estimate of drug-likeness (QED) is 0.858. The van der Waals surface area contributed by atoms with Gasteiger partial charge in [0.15, 0.2) is 12.4 Å². The zero-order chi connectivity index (χ0) is 18.2. The summed E-state index contributed by atoms with van der Waals surface area (Å²) in [6.07, 6.45) is -3.69. The molecule has 25 heavy (non-hydrogen) atoms. The molecule has 1 N–H and O–H groups in total. The molecule has 1 amide bonds. The van der Waals surface area contributed by atoms with Crippen LogP contribution in [-0.4, -0.2) is 22.9 Å². The zero-order valence-electron chi connectivity index (χ0n) is 12.6. The molecular formula is C16H11F3N2O4. The van der Waals surface area contributed by atoms with E-state index < -0.39 is 29.6 Å². The molecule has 0 aliphatic carbocycles. The first-order valence-electron chi connectivity index (χ1n) is 7.12. The average molecular weight is 352 g/mol. The van der Waals surface area contributed by atoms with Gasteiger partial charge in [-0.25, -0.2) is 0 Å². The Morgan fingerprint density at radius 3 is 2.72 bits per heavy atom. The molecule has 2 aromatic rings. The predicted molar refractivity (Wildman–Crippen MR) is 80.6 cm³/mol. The molecule has 1 aromatic carbocycles. The van der Waals surface area contributed by atoms with Crippen molar-refractivity contribution in [3.05, 3.63) is 58.0 Å². The summed E-state index contributed by atoms with van der Waals surface area (Å²) < 4.78 is 44.1. The maximum absolute atomic E-state index is 12.8. The number of alkyl halides is 3. The predicted octanol–water partition coefficient (Wildman–Crippen LogP) is 2.08. The molecule has 0 spiro atoms. The molecule has 1 aromatic heterocycles. The van der Waals surface area contributed by atoms with E-state index in [2.05, 4.69) is 5.32 Å². The van der Waals surface area contributed by atoms with E-state index in [0.717, 1.165) is 12.3 Å². The molecule has 3 rings (SSSR count). The van der Waals surface area contributed by atoms with Crippen molar-refractivity contribution in [1.29, 1.82) is 0 Å². The smallest absolute Gasteiger partial charge is 0.421 e. The molecule has 0 saturated carbocycles. The minimum atomic E-state index is -4.80. The van der Waals surface area contributed by atoms with Crippen molar-refractivity contribution >= 4 is 17.4 Å². The van der Waals surface area contributed by atoms with Gasteiger partial charge in [-0.2, -0.15) is 13.2 Å². The highest BCUT2D eigenvalue weighted by atomic mass is 19.4. The Morgan fingerprint density at radius 2 is 2.00 bits per heavy atom. The van der Waals surface area contributed by atoms with E-state index in [1.807, 2.05) is 0 Å². The van der Waals surface area contributed by atoms with Crippen molar-refractivity contribution in [2.75, 3.05) is 11.9 Å². The second kappa shape index (κ2) is 6.08. The van der Waals surface area contributed by atoms with Gasteiger partial charge in [0.2, 0.25) is 0 Å². The summed E-state index contributed by atoms with van der Waals surface area (Å²) in [5.74, 6) is -0.581. The van der Waals surface area contributed by atoms with Gasteiger partial charge in [0.05, 0.1) is 12.2 Å². The van der Waals surface area contributed by atoms with E-state index in [0.29, 0.717) is 22.1 Å². The molecule has 1 aliphatic rings. The number of nitrogens with zero attached hydrogens (tertiary/aromatic N) is 1. The third-order valence-corrected chi connectivity index (χ3v) is 3.57. The number of hydrogen-bond acceptors (Lipinski definition) is 4. The molecule has 0 atom stereocenters. The van der Waals surface area contributed by atoms with Crippen LogP contribution in [0.2, 0.25) is 0 Å². The van der Waals surface area contributed by atoms with Gasteiger partial charge in [0, 0.05) is 11.8 Å². The van der Waals surface area contributed by atoms with Crippen LogP contribution in [0.25, 0.3) is 0 Å². The largest absolute Gasteiger partial charge is 0.482 e. The monoisotopic (exact) mass is 352 g/mol. The number of carbonyl (C=O) groups excluding carboxylic acids is 2. The summed E-state index contributed by atoms with van der Waals surface area (Å²) in [5.41, 5.74) is -2.21. The lowest BCUT2D eigenvalue weighted by Gasteiger charge is -2.18. The maximum Gasteiger partial charge on any atom is 0.421 e. The molecule has 0 unspecified atom stereocenters. The minimum absolute atomic E-state index is 0.133. The fourth-order valence-corrected chi connectivity index (χ4v) is 2.38. The normalized spacial score (nSPS) is 13.6. The molecule has 0 bridgehead atoms. The number of hydrogen-bond donors (Lipinski definition) is 1. The Morgan fingerprint density at radius 1 is 1.24 bits per heavy atom. The first kappa shape index (κ1) is 16.7. The SMILES string of the molecule is O=C1COc2ccc(C(=O)Cn3cccc(C(F)(F)F)c3=O)cc2N1. The summed E-state index contributed by atoms with van der Waals surface area (Å²) in [6.45, 7) is -0.698. The Kier molecular flexibility index (Phi) is 4.07. The van der Waals surface area contributed by atoms with Crippen molar-refractivity contribution in [3.63, 3.8) is 0 Å². The molecule has 130 valence electrons. The van der Waals surface area contributed by atoms with Crippen molar-refractivity contribution < 1.29 is 27.5 Å². The van der Waals surface area contributed by atoms with Crippen LogP contribution >= 0.6 is 0 Å². The Hall–Kier alpha value is -3.10. The maximum atomic E-state index is 12.8. The molecular weight excluding hydrogens is 341 g/mol. The lowest BCUT2D eigenvalue weighted by atomic mass is 10.1. The summed E-state index contributed by atoms with van der Waals surface area (Å²) >= 11 is 0. The van der Waals surface area contributed by atoms with Crippen molar-refractivity contribution in [3.8, 4) is 5.75 Å². The number of carbonyl (C=O) groups is 2. The highest BCUT2D eigenvalue weighted by Crippen LogP contribution is 2.29. The van der Waals surface area contributed by atoms with Crippen LogP contribution in [-0.2, 0) is 17.5 Å². The van der Waals surface area contributed by atoms with Gasteiger partial charge in [0.25, 0.3) is 11.5 Å². The summed E-state index contributed by atoms with van der Waals surface area (Å²) in [4.78, 5) is 35.5. The van der Waals surface area contributed by atoms with E-state index >= 15 is 0 Å². The number of amides is 1. The van der Waals surface area contributed by atoms with Crippen LogP contribution in [0, 0.1) is 0 Å². The number of nitrogens with one attached hydrogen (secondary N) is 1. The number of rotatable bonds is 3. The fourth-order valence-electron chi connectivity index (χ4n) is 2.38. The Bertz CT molecular complexity index is 918. The first-order chi connectivity index (χ1) is 11.8. The first-order valence-corrected chi connectivity index (χ1v) is 7.12. The van der Waals surface area contributed by atoms with E-state index in [1.54, 1.807) is 0 Å². The van der Waals surface area contributed by atoms with Gasteiger partial charge in [-0.05, 0) is 30.3 Å². The number of Topliss-reactive ketones (excluding diaryl/α,β-unsaturated/α-hetero) is 1. The van der Waals surface area contributed by atoms with E-state index in [9.17, 15) is 27.6 Å². The van der Waals surface area contributed by atoms with Gasteiger partial charge in [0.1, 0.15) is 11.3 Å². The molecule has 0 radical (unpaired) electrons. The highest BCUT2D eigenvalue weighted by molar-refractivity contribution is 6.00. The number of pyridine rings is 1. The van der Waals surface area contributed by atoms with Crippen LogP contribution < -0.4 is 15.6 Å². The van der Waals surface area contributed by atoms with Gasteiger partial charge < -0.3 is 14.6 Å². The molecule has 0 fully saturated rings. The van der Waals surface area contributed by atoms with E-state index in [4.69, 9.17) is 4.74 Å². The lowest BCUT2D eigenvalue weighted by molar-refractivity contribution is -0.139. The van der Waals surface area contributed by atoms with Gasteiger partial charge in [-0.15, -0.1) is 0 Å². The molecule has 0 saturated heterocycles. The minimum Gasteiger partial charge on any atom is -0.482 e. The van der Waals surface area contributed by atoms with Gasteiger partial charge in [-0.3, -0.25) is 14.4 Å². The fraction of sp³-hybridized carbons (Fsp3) is 0.188. The van der Waals surface area contributed by atoms with Crippen molar-refractivity contribution in [2.45, 2.75) is 12.7 Å². The van der Waals surface area contributed by atoms with Crippen LogP contribution in [0.15, 0.2) is 41.3 Å². The number of benzene rings is 1. The van der Waals surface area contributed by atoms with Crippen molar-refractivity contribution in [1.82, 2.24) is 4.57 Å². The van der Waals surface area contributed by atoms with Crippen LogP contribution in [0.3, 0.4) is 0 Å². The third kappa shape index (κ3) is 3.39. The Labute approximate surface area is 138 Å². The van der Waals surface area contributed by atoms with Gasteiger partial charge >= 0.3 is 6.18 Å². The Balaban J connectivity index is 1.88. The van der Waals surface area contributed by atoms with E-state index in [1.165, 1.54) is 18.2 Å². The van der Waals surface area contributed by atoms with Crippen LogP contribution in [0.4, 0.5) is 18.9 Å². The average Bonchev–Trinajstić information content (AvgIpc) is 2.54. The van der Waals surface area contributed by atoms with Crippen LogP contribution in [0.1, 0.15) is 15.9 Å². The second-order valence-electron chi connectivity index (χ2n) is 5.32. The molecule has 1 aliphatic heterocycles. The highest BCUT2D eigenvalue weighted by Gasteiger charge is 2.34. The molecule has 2 heterocycles. The number of halogens is 3. The third-order valence-electron chi connectivity index (χ3n) is 3.57. The number of ketones is 1. The topological polar surface area (TPSA) is 77.4 Å². The van der Waals surface area contributed by atoms with Crippen LogP contribution in [0.5, 0.6) is 5.75 Å². The molecule has 9 heteroatoms. The zero-order valence-corrected chi connectivity index (χ0v) is 12.6. The van der Waals surface area contributed by atoms with Crippen molar-refractivity contribution in [2.24, 2.45) is 0 Å². The number of anilines is 1. The summed E-state index contributed by atoms with van der Waals surface area (Å²) in [6, 6.07) is 5.95. The van der Waals surface area contributed by atoms with Gasteiger partial charge in [-0.1, -0.05) is 0 Å².